The normalized spacial score (nSPS) is 11.1. The van der Waals surface area contributed by atoms with Gasteiger partial charge in [0.05, 0.1) is 17.6 Å². The summed E-state index contributed by atoms with van der Waals surface area (Å²) >= 11 is 0. The van der Waals surface area contributed by atoms with E-state index in [0.29, 0.717) is 18.7 Å². The number of aryl methyl sites for hydroxylation is 1. The third kappa shape index (κ3) is 3.92. The lowest BCUT2D eigenvalue weighted by atomic mass is 10.1. The van der Waals surface area contributed by atoms with Crippen molar-refractivity contribution in [3.8, 4) is 0 Å². The Morgan fingerprint density at radius 3 is 2.55 bits per heavy atom. The smallest absolute Gasteiger partial charge is 0.251 e. The number of amides is 1. The zero-order valence-electron chi connectivity index (χ0n) is 17.4. The molecule has 0 aliphatic heterocycles. The number of hydrogen-bond acceptors (Lipinski definition) is 2. The highest BCUT2D eigenvalue weighted by molar-refractivity contribution is 5.94. The van der Waals surface area contributed by atoms with Gasteiger partial charge < -0.3 is 9.88 Å². The average molecular weight is 406 g/mol. The summed E-state index contributed by atoms with van der Waals surface area (Å²) in [6.07, 6.45) is 0. The molecule has 4 heteroatoms. The van der Waals surface area contributed by atoms with E-state index in [0.717, 1.165) is 22.4 Å². The van der Waals surface area contributed by atoms with E-state index >= 15 is 0 Å². The molecule has 4 nitrogen and oxygen atoms in total. The lowest BCUT2D eigenvalue weighted by Crippen LogP contribution is -2.25. The number of nitrogens with one attached hydrogen (secondary N) is 1. The first kappa shape index (κ1) is 19.1. The van der Waals surface area contributed by atoms with Crippen LogP contribution in [-0.4, -0.2) is 15.5 Å². The summed E-state index contributed by atoms with van der Waals surface area (Å²) in [7, 11) is 0. The number of imidazole rings is 1. The Labute approximate surface area is 181 Å². The second-order valence-electron chi connectivity index (χ2n) is 7.84. The van der Waals surface area contributed by atoms with Crippen LogP contribution in [0.3, 0.4) is 0 Å². The maximum atomic E-state index is 12.7. The van der Waals surface area contributed by atoms with E-state index in [9.17, 15) is 4.79 Å². The Hall–Kier alpha value is -3.92. The largest absolute Gasteiger partial charge is 0.345 e. The van der Waals surface area contributed by atoms with E-state index in [1.807, 2.05) is 49.4 Å². The summed E-state index contributed by atoms with van der Waals surface area (Å²) in [6.45, 7) is 3.05. The van der Waals surface area contributed by atoms with Crippen molar-refractivity contribution >= 4 is 27.7 Å². The monoisotopic (exact) mass is 405 g/mol. The van der Waals surface area contributed by atoms with Gasteiger partial charge in [-0.15, -0.1) is 0 Å². The van der Waals surface area contributed by atoms with Crippen molar-refractivity contribution < 1.29 is 4.79 Å². The Balaban J connectivity index is 1.45. The molecular weight excluding hydrogens is 382 g/mol. The molecule has 1 amide bonds. The summed E-state index contributed by atoms with van der Waals surface area (Å²) in [5.74, 6) is 0.753. The molecule has 0 fully saturated rings. The van der Waals surface area contributed by atoms with Gasteiger partial charge in [0, 0.05) is 12.1 Å². The SMILES string of the molecule is Cc1cccc(C(=O)NCc2nc3ccccc3n2Cc2ccc3ccccc3c2)c1. The van der Waals surface area contributed by atoms with E-state index in [-0.39, 0.29) is 5.91 Å². The van der Waals surface area contributed by atoms with Gasteiger partial charge in [-0.3, -0.25) is 4.79 Å². The number of para-hydroxylation sites is 2. The van der Waals surface area contributed by atoms with Gasteiger partial charge >= 0.3 is 0 Å². The van der Waals surface area contributed by atoms with E-state index in [4.69, 9.17) is 4.98 Å². The summed E-state index contributed by atoms with van der Waals surface area (Å²) < 4.78 is 2.19. The third-order valence-corrected chi connectivity index (χ3v) is 5.58. The van der Waals surface area contributed by atoms with Gasteiger partial charge in [0.15, 0.2) is 0 Å². The summed E-state index contributed by atoms with van der Waals surface area (Å²) in [4.78, 5) is 17.5. The minimum Gasteiger partial charge on any atom is -0.345 e. The van der Waals surface area contributed by atoms with Crippen molar-refractivity contribution in [3.05, 3.63) is 114 Å². The van der Waals surface area contributed by atoms with Crippen molar-refractivity contribution in [2.24, 2.45) is 0 Å². The number of carbonyl (C=O) groups is 1. The van der Waals surface area contributed by atoms with E-state index in [1.54, 1.807) is 0 Å². The number of benzene rings is 4. The Morgan fingerprint density at radius 1 is 0.871 bits per heavy atom. The lowest BCUT2D eigenvalue weighted by molar-refractivity contribution is 0.0949. The molecule has 31 heavy (non-hydrogen) atoms. The van der Waals surface area contributed by atoms with Crippen molar-refractivity contribution in [2.75, 3.05) is 0 Å². The van der Waals surface area contributed by atoms with Crippen LogP contribution in [0.25, 0.3) is 21.8 Å². The molecule has 152 valence electrons. The van der Waals surface area contributed by atoms with Crippen molar-refractivity contribution in [1.29, 1.82) is 0 Å². The summed E-state index contributed by atoms with van der Waals surface area (Å²) in [6, 6.07) is 30.6. The zero-order valence-corrected chi connectivity index (χ0v) is 17.4. The lowest BCUT2D eigenvalue weighted by Gasteiger charge is -2.11. The van der Waals surface area contributed by atoms with E-state index < -0.39 is 0 Å². The number of fused-ring (bicyclic) bond motifs is 2. The van der Waals surface area contributed by atoms with Crippen LogP contribution in [0.1, 0.15) is 27.3 Å². The van der Waals surface area contributed by atoms with Crippen LogP contribution >= 0.6 is 0 Å². The van der Waals surface area contributed by atoms with Crippen molar-refractivity contribution in [2.45, 2.75) is 20.0 Å². The molecule has 0 bridgehead atoms. The molecule has 0 atom stereocenters. The molecule has 1 heterocycles. The molecule has 0 saturated carbocycles. The second-order valence-corrected chi connectivity index (χ2v) is 7.84. The van der Waals surface area contributed by atoms with Crippen LogP contribution in [0.5, 0.6) is 0 Å². The molecule has 0 aliphatic rings. The first-order valence-electron chi connectivity index (χ1n) is 10.4. The van der Waals surface area contributed by atoms with E-state index in [2.05, 4.69) is 58.4 Å². The minimum atomic E-state index is -0.0898. The minimum absolute atomic E-state index is 0.0898. The molecule has 0 radical (unpaired) electrons. The van der Waals surface area contributed by atoms with E-state index in [1.165, 1.54) is 16.3 Å². The molecule has 0 aliphatic carbocycles. The number of rotatable bonds is 5. The molecule has 5 aromatic rings. The predicted octanol–water partition coefficient (Wildman–Crippen LogP) is 5.48. The van der Waals surface area contributed by atoms with Crippen LogP contribution in [0.2, 0.25) is 0 Å². The maximum absolute atomic E-state index is 12.7. The molecule has 1 N–H and O–H groups in total. The summed E-state index contributed by atoms with van der Waals surface area (Å²) in [5.41, 5.74) is 4.93. The highest BCUT2D eigenvalue weighted by Crippen LogP contribution is 2.21. The zero-order chi connectivity index (χ0) is 21.2. The standard InChI is InChI=1S/C27H23N3O/c1-19-7-6-10-23(15-19)27(31)28-17-26-29-24-11-4-5-12-25(24)30(26)18-20-13-14-21-8-2-3-9-22(21)16-20/h2-16H,17-18H2,1H3,(H,28,31). The fourth-order valence-corrected chi connectivity index (χ4v) is 4.00. The first-order valence-corrected chi connectivity index (χ1v) is 10.4. The quantitative estimate of drug-likeness (QED) is 0.421. The second kappa shape index (κ2) is 8.07. The van der Waals surface area contributed by atoms with Gasteiger partial charge in [-0.2, -0.15) is 0 Å². The fourth-order valence-electron chi connectivity index (χ4n) is 4.00. The molecule has 0 spiro atoms. The maximum Gasteiger partial charge on any atom is 0.251 e. The van der Waals surface area contributed by atoms with Gasteiger partial charge in [-0.1, -0.05) is 66.2 Å². The van der Waals surface area contributed by atoms with Crippen LogP contribution in [0.4, 0.5) is 0 Å². The first-order chi connectivity index (χ1) is 15.2. The molecular formula is C27H23N3O. The Bertz CT molecular complexity index is 1400. The molecule has 4 aromatic carbocycles. The third-order valence-electron chi connectivity index (χ3n) is 5.58. The van der Waals surface area contributed by atoms with Crippen LogP contribution in [0.15, 0.2) is 91.0 Å². The highest BCUT2D eigenvalue weighted by atomic mass is 16.1. The van der Waals surface area contributed by atoms with Crippen molar-refractivity contribution in [3.63, 3.8) is 0 Å². The van der Waals surface area contributed by atoms with Gasteiger partial charge in [0.25, 0.3) is 5.91 Å². The molecule has 5 rings (SSSR count). The molecule has 0 unspecified atom stereocenters. The Morgan fingerprint density at radius 2 is 1.68 bits per heavy atom. The van der Waals surface area contributed by atoms with Gasteiger partial charge in [-0.25, -0.2) is 4.98 Å². The average Bonchev–Trinajstić information content (AvgIpc) is 3.14. The van der Waals surface area contributed by atoms with Gasteiger partial charge in [0.1, 0.15) is 5.82 Å². The fraction of sp³-hybridized carbons (Fsp3) is 0.111. The van der Waals surface area contributed by atoms with Crippen LogP contribution in [-0.2, 0) is 13.1 Å². The molecule has 0 saturated heterocycles. The van der Waals surface area contributed by atoms with Crippen LogP contribution in [0, 0.1) is 6.92 Å². The number of aromatic nitrogens is 2. The van der Waals surface area contributed by atoms with Crippen molar-refractivity contribution in [1.82, 2.24) is 14.9 Å². The van der Waals surface area contributed by atoms with Gasteiger partial charge in [-0.05, 0) is 53.6 Å². The number of nitrogens with zero attached hydrogens (tertiary/aromatic N) is 2. The highest BCUT2D eigenvalue weighted by Gasteiger charge is 2.13. The Kier molecular flexibility index (Phi) is 4.97. The topological polar surface area (TPSA) is 46.9 Å². The number of hydrogen-bond donors (Lipinski definition) is 1. The number of carbonyl (C=O) groups excluding carboxylic acids is 1. The van der Waals surface area contributed by atoms with Gasteiger partial charge in [0.2, 0.25) is 0 Å². The predicted molar refractivity (Wildman–Crippen MR) is 125 cm³/mol. The molecule has 1 aromatic heterocycles. The summed E-state index contributed by atoms with van der Waals surface area (Å²) in [5, 5.41) is 5.49. The van der Waals surface area contributed by atoms with Crippen LogP contribution < -0.4 is 5.32 Å².